The number of H-pyrrole nitrogens is 1. The van der Waals surface area contributed by atoms with Crippen LogP contribution in [-0.2, 0) is 0 Å². The van der Waals surface area contributed by atoms with Crippen LogP contribution >= 0.6 is 11.3 Å². The fourth-order valence-corrected chi connectivity index (χ4v) is 2.60. The van der Waals surface area contributed by atoms with Crippen LogP contribution in [0.3, 0.4) is 0 Å². The zero-order chi connectivity index (χ0) is 11.8. The van der Waals surface area contributed by atoms with E-state index in [1.54, 1.807) is 36.4 Å². The van der Waals surface area contributed by atoms with Crippen molar-refractivity contribution in [3.05, 3.63) is 57.9 Å². The molecule has 1 N–H and O–H groups in total. The molecule has 2 heterocycles. The maximum Gasteiger partial charge on any atom is 0.260 e. The highest BCUT2D eigenvalue weighted by Gasteiger charge is 2.14. The maximum absolute atomic E-state index is 14.3. The minimum atomic E-state index is -0.452. The van der Waals surface area contributed by atoms with E-state index in [2.05, 4.69) is 4.98 Å². The van der Waals surface area contributed by atoms with Gasteiger partial charge in [-0.05, 0) is 23.6 Å². The largest absolute Gasteiger partial charge is 0.321 e. The van der Waals surface area contributed by atoms with Gasteiger partial charge in [0.05, 0.1) is 11.1 Å². The van der Waals surface area contributed by atoms with Crippen molar-refractivity contribution in [2.45, 2.75) is 0 Å². The smallest absolute Gasteiger partial charge is 0.260 e. The van der Waals surface area contributed by atoms with E-state index in [9.17, 15) is 9.18 Å². The van der Waals surface area contributed by atoms with Gasteiger partial charge in [-0.25, -0.2) is 4.39 Å². The molecule has 84 valence electrons. The molecular weight excluding hydrogens is 237 g/mol. The molecule has 1 aromatic carbocycles. The third-order valence-corrected chi connectivity index (χ3v) is 3.51. The first-order chi connectivity index (χ1) is 8.27. The molecule has 17 heavy (non-hydrogen) atoms. The number of fused-ring (bicyclic) bond motifs is 1. The van der Waals surface area contributed by atoms with Crippen LogP contribution in [0, 0.1) is 5.82 Å². The maximum atomic E-state index is 14.3. The second-order valence-corrected chi connectivity index (χ2v) is 4.61. The van der Waals surface area contributed by atoms with Crippen molar-refractivity contribution < 1.29 is 4.39 Å². The minimum absolute atomic E-state index is 0.124. The van der Waals surface area contributed by atoms with Gasteiger partial charge in [0.1, 0.15) is 5.82 Å². The summed E-state index contributed by atoms with van der Waals surface area (Å²) in [5, 5.41) is 2.26. The number of nitrogens with one attached hydrogen (secondary N) is 1. The van der Waals surface area contributed by atoms with Gasteiger partial charge in [-0.15, -0.1) is 11.3 Å². The number of hydrogen-bond donors (Lipinski definition) is 1. The topological polar surface area (TPSA) is 32.9 Å². The highest BCUT2D eigenvalue weighted by molar-refractivity contribution is 7.13. The Balaban J connectivity index is 2.44. The molecule has 0 unspecified atom stereocenters. The van der Waals surface area contributed by atoms with Crippen molar-refractivity contribution in [1.82, 2.24) is 4.98 Å². The average Bonchev–Trinajstić information content (AvgIpc) is 2.83. The van der Waals surface area contributed by atoms with Crippen molar-refractivity contribution in [2.75, 3.05) is 0 Å². The van der Waals surface area contributed by atoms with Gasteiger partial charge >= 0.3 is 0 Å². The fraction of sp³-hybridized carbons (Fsp3) is 0. The van der Waals surface area contributed by atoms with Crippen LogP contribution in [0.2, 0.25) is 0 Å². The molecule has 3 rings (SSSR count). The third kappa shape index (κ3) is 1.57. The van der Waals surface area contributed by atoms with Crippen molar-refractivity contribution in [3.63, 3.8) is 0 Å². The van der Waals surface area contributed by atoms with E-state index in [-0.39, 0.29) is 11.1 Å². The zero-order valence-corrected chi connectivity index (χ0v) is 9.55. The molecule has 0 aliphatic carbocycles. The molecule has 0 fully saturated rings. The van der Waals surface area contributed by atoms with Gasteiger partial charge in [-0.1, -0.05) is 18.2 Å². The van der Waals surface area contributed by atoms with Gasteiger partial charge < -0.3 is 4.98 Å². The number of halogens is 1. The quantitative estimate of drug-likeness (QED) is 0.700. The van der Waals surface area contributed by atoms with Crippen LogP contribution in [-0.4, -0.2) is 4.98 Å². The van der Waals surface area contributed by atoms with Gasteiger partial charge in [0.15, 0.2) is 0 Å². The Labute approximate surface area is 100 Å². The van der Waals surface area contributed by atoms with Crippen LogP contribution in [0.5, 0.6) is 0 Å². The van der Waals surface area contributed by atoms with Gasteiger partial charge in [0, 0.05) is 10.3 Å². The van der Waals surface area contributed by atoms with Crippen LogP contribution in [0.1, 0.15) is 0 Å². The number of thiophene rings is 1. The van der Waals surface area contributed by atoms with Crippen molar-refractivity contribution in [3.8, 4) is 10.4 Å². The molecule has 2 aromatic heterocycles. The molecule has 0 saturated carbocycles. The first-order valence-corrected chi connectivity index (χ1v) is 6.00. The SMILES string of the molecule is O=c1[nH]c2ccccc2c(F)c1-c1cccs1. The summed E-state index contributed by atoms with van der Waals surface area (Å²) >= 11 is 1.35. The highest BCUT2D eigenvalue weighted by atomic mass is 32.1. The third-order valence-electron chi connectivity index (χ3n) is 2.63. The molecule has 0 aliphatic heterocycles. The molecule has 0 saturated heterocycles. The second-order valence-electron chi connectivity index (χ2n) is 3.67. The summed E-state index contributed by atoms with van der Waals surface area (Å²) in [6, 6.07) is 10.4. The molecule has 0 bridgehead atoms. The van der Waals surface area contributed by atoms with E-state index in [4.69, 9.17) is 0 Å². The normalized spacial score (nSPS) is 10.9. The zero-order valence-electron chi connectivity index (χ0n) is 8.74. The van der Waals surface area contributed by atoms with Gasteiger partial charge in [0.2, 0.25) is 0 Å². The molecule has 2 nitrogen and oxygen atoms in total. The number of aromatic nitrogens is 1. The Kier molecular flexibility index (Phi) is 2.30. The lowest BCUT2D eigenvalue weighted by Gasteiger charge is -2.03. The summed E-state index contributed by atoms with van der Waals surface area (Å²) in [5.74, 6) is -0.452. The molecule has 0 radical (unpaired) electrons. The van der Waals surface area contributed by atoms with Crippen molar-refractivity contribution >= 4 is 22.2 Å². The minimum Gasteiger partial charge on any atom is -0.321 e. The number of pyridine rings is 1. The Morgan fingerprint density at radius 2 is 1.94 bits per heavy atom. The van der Waals surface area contributed by atoms with Crippen LogP contribution < -0.4 is 5.56 Å². The van der Waals surface area contributed by atoms with Crippen LogP contribution in [0.4, 0.5) is 4.39 Å². The monoisotopic (exact) mass is 245 g/mol. The summed E-state index contributed by atoms with van der Waals surface area (Å²) < 4.78 is 14.3. The number of benzene rings is 1. The predicted octanol–water partition coefficient (Wildman–Crippen LogP) is 3.40. The molecule has 4 heteroatoms. The van der Waals surface area contributed by atoms with E-state index in [1.807, 2.05) is 5.38 Å². The Bertz CT molecular complexity index is 731. The van der Waals surface area contributed by atoms with Crippen LogP contribution in [0.15, 0.2) is 46.6 Å². The van der Waals surface area contributed by atoms with Crippen molar-refractivity contribution in [1.29, 1.82) is 0 Å². The number of hydrogen-bond acceptors (Lipinski definition) is 2. The van der Waals surface area contributed by atoms with Gasteiger partial charge in [0.25, 0.3) is 5.56 Å². The first-order valence-electron chi connectivity index (χ1n) is 5.12. The Morgan fingerprint density at radius 1 is 1.12 bits per heavy atom. The lowest BCUT2D eigenvalue weighted by molar-refractivity contribution is 0.641. The standard InChI is InChI=1S/C13H8FNOS/c14-12-8-4-1-2-5-9(8)15-13(16)11(12)10-6-3-7-17-10/h1-7H,(H,15,16). The van der Waals surface area contributed by atoms with Crippen LogP contribution in [0.25, 0.3) is 21.3 Å². The fourth-order valence-electron chi connectivity index (χ4n) is 1.84. The van der Waals surface area contributed by atoms with E-state index >= 15 is 0 Å². The van der Waals surface area contributed by atoms with E-state index in [0.29, 0.717) is 15.8 Å². The van der Waals surface area contributed by atoms with E-state index < -0.39 is 5.82 Å². The number of rotatable bonds is 1. The van der Waals surface area contributed by atoms with Gasteiger partial charge in [-0.3, -0.25) is 4.79 Å². The summed E-state index contributed by atoms with van der Waals surface area (Å²) in [5.41, 5.74) is 0.262. The average molecular weight is 245 g/mol. The summed E-state index contributed by atoms with van der Waals surface area (Å²) in [6.45, 7) is 0. The number of para-hydroxylation sites is 1. The predicted molar refractivity (Wildman–Crippen MR) is 67.8 cm³/mol. The molecule has 0 spiro atoms. The summed E-state index contributed by atoms with van der Waals surface area (Å²) in [7, 11) is 0. The molecule has 0 atom stereocenters. The van der Waals surface area contributed by atoms with Crippen molar-refractivity contribution in [2.24, 2.45) is 0 Å². The molecular formula is C13H8FNOS. The summed E-state index contributed by atoms with van der Waals surface area (Å²) in [4.78, 5) is 15.2. The van der Waals surface area contributed by atoms with Gasteiger partial charge in [-0.2, -0.15) is 0 Å². The Hall–Kier alpha value is -1.94. The van der Waals surface area contributed by atoms with E-state index in [1.165, 1.54) is 11.3 Å². The lowest BCUT2D eigenvalue weighted by atomic mass is 10.1. The molecule has 3 aromatic rings. The number of aromatic amines is 1. The summed E-state index contributed by atoms with van der Waals surface area (Å²) in [6.07, 6.45) is 0. The Morgan fingerprint density at radius 3 is 2.71 bits per heavy atom. The molecule has 0 aliphatic rings. The first kappa shape index (κ1) is 10.2. The highest BCUT2D eigenvalue weighted by Crippen LogP contribution is 2.27. The second kappa shape index (κ2) is 3.82. The van der Waals surface area contributed by atoms with E-state index in [0.717, 1.165) is 0 Å². The lowest BCUT2D eigenvalue weighted by Crippen LogP contribution is -2.11. The molecule has 0 amide bonds.